The lowest BCUT2D eigenvalue weighted by molar-refractivity contribution is -0.0298. The Balaban J connectivity index is 1.75. The smallest absolute Gasteiger partial charge is 0.312 e. The van der Waals surface area contributed by atoms with Crippen molar-refractivity contribution in [2.75, 3.05) is 11.9 Å². The molecule has 0 radical (unpaired) electrons. The summed E-state index contributed by atoms with van der Waals surface area (Å²) in [4.78, 5) is 11.9. The van der Waals surface area contributed by atoms with Crippen LogP contribution in [-0.2, 0) is 4.74 Å². The molecular weight excluding hydrogens is 329 g/mol. The molecule has 3 N–H and O–H groups in total. The Morgan fingerprint density at radius 2 is 1.96 bits per heavy atom. The summed E-state index contributed by atoms with van der Waals surface area (Å²) in [5.74, 6) is -0.120. The first-order valence-corrected chi connectivity index (χ1v) is 7.92. The van der Waals surface area contributed by atoms with Gasteiger partial charge in [0, 0.05) is 30.5 Å². The fourth-order valence-electron chi connectivity index (χ4n) is 2.94. The van der Waals surface area contributed by atoms with Crippen LogP contribution in [0.25, 0.3) is 11.2 Å². The first-order valence-electron chi connectivity index (χ1n) is 7.92. The number of imidazole rings is 1. The maximum Gasteiger partial charge on any atom is 0.312 e. The molecule has 2 aromatic heterocycles. The van der Waals surface area contributed by atoms with E-state index in [1.807, 2.05) is 0 Å². The molecular formula is C16H16FN5O3. The van der Waals surface area contributed by atoms with E-state index in [4.69, 9.17) is 4.74 Å². The molecule has 3 aromatic rings. The Bertz CT molecular complexity index is 903. The number of phenolic OH excluding ortho intramolecular Hbond substituents is 2. The average Bonchev–Trinajstić information content (AvgIpc) is 2.98. The van der Waals surface area contributed by atoms with Gasteiger partial charge in [-0.1, -0.05) is 0 Å². The number of ether oxygens (including phenoxy) is 1. The van der Waals surface area contributed by atoms with E-state index in [9.17, 15) is 14.6 Å². The molecule has 8 nitrogen and oxygen atoms in total. The predicted molar refractivity (Wildman–Crippen MR) is 87.2 cm³/mol. The number of anilines is 2. The molecule has 0 aliphatic carbocycles. The molecule has 0 saturated carbocycles. The Kier molecular flexibility index (Phi) is 3.85. The lowest BCUT2D eigenvalue weighted by atomic mass is 10.2. The summed E-state index contributed by atoms with van der Waals surface area (Å²) in [6.07, 6.45) is 3.24. The van der Waals surface area contributed by atoms with Crippen LogP contribution in [0, 0.1) is 6.08 Å². The van der Waals surface area contributed by atoms with Crippen LogP contribution in [0.15, 0.2) is 24.5 Å². The number of benzene rings is 1. The summed E-state index contributed by atoms with van der Waals surface area (Å²) in [5.41, 5.74) is 1.05. The number of hydrogen-bond donors (Lipinski definition) is 3. The number of fused-ring (bicyclic) bond motifs is 1. The largest absolute Gasteiger partial charge is 0.508 e. The van der Waals surface area contributed by atoms with Crippen LogP contribution in [0.3, 0.4) is 0 Å². The first-order chi connectivity index (χ1) is 12.1. The van der Waals surface area contributed by atoms with Gasteiger partial charge in [0.05, 0.1) is 6.33 Å². The van der Waals surface area contributed by atoms with E-state index in [0.29, 0.717) is 23.5 Å². The van der Waals surface area contributed by atoms with Crippen LogP contribution in [0.5, 0.6) is 11.5 Å². The highest BCUT2D eigenvalue weighted by molar-refractivity contribution is 5.85. The minimum absolute atomic E-state index is 0.130. The molecule has 0 bridgehead atoms. The van der Waals surface area contributed by atoms with Crippen molar-refractivity contribution in [1.29, 1.82) is 0 Å². The standard InChI is InChI=1S/C16H16FN5O3/c17-16-20-14(19-9-5-10(23)7-11(24)6-9)13-15(21-16)22(8-18-13)12-3-1-2-4-25-12/h5-8,12,23-24H,1-4H2,(H,19,20,21). The van der Waals surface area contributed by atoms with Gasteiger partial charge >= 0.3 is 6.08 Å². The molecule has 1 saturated heterocycles. The van der Waals surface area contributed by atoms with E-state index in [2.05, 4.69) is 20.3 Å². The molecule has 1 aliphatic rings. The van der Waals surface area contributed by atoms with Crippen molar-refractivity contribution in [3.05, 3.63) is 30.6 Å². The number of hydrogen-bond acceptors (Lipinski definition) is 7. The molecule has 3 heterocycles. The van der Waals surface area contributed by atoms with Gasteiger partial charge in [-0.25, -0.2) is 4.98 Å². The van der Waals surface area contributed by atoms with Gasteiger partial charge in [-0.2, -0.15) is 14.4 Å². The minimum Gasteiger partial charge on any atom is -0.508 e. The molecule has 9 heteroatoms. The summed E-state index contributed by atoms with van der Waals surface area (Å²) in [7, 11) is 0. The van der Waals surface area contributed by atoms with Crippen LogP contribution in [-0.4, -0.2) is 36.3 Å². The summed E-state index contributed by atoms with van der Waals surface area (Å²) in [5, 5.41) is 22.0. The molecule has 0 spiro atoms. The summed E-state index contributed by atoms with van der Waals surface area (Å²) in [6.45, 7) is 0.644. The molecule has 1 aliphatic heterocycles. The van der Waals surface area contributed by atoms with Crippen LogP contribution in [0.2, 0.25) is 0 Å². The lowest BCUT2D eigenvalue weighted by Crippen LogP contribution is -2.18. The maximum atomic E-state index is 13.9. The van der Waals surface area contributed by atoms with Crippen molar-refractivity contribution in [1.82, 2.24) is 19.5 Å². The lowest BCUT2D eigenvalue weighted by Gasteiger charge is -2.23. The monoisotopic (exact) mass is 345 g/mol. The van der Waals surface area contributed by atoms with Crippen LogP contribution >= 0.6 is 0 Å². The highest BCUT2D eigenvalue weighted by atomic mass is 19.1. The first kappa shape index (κ1) is 15.6. The van der Waals surface area contributed by atoms with Gasteiger partial charge in [-0.3, -0.25) is 4.57 Å². The fraction of sp³-hybridized carbons (Fsp3) is 0.312. The van der Waals surface area contributed by atoms with Crippen LogP contribution in [0.1, 0.15) is 25.5 Å². The number of nitrogens with one attached hydrogen (secondary N) is 1. The van der Waals surface area contributed by atoms with Gasteiger partial charge in [-0.15, -0.1) is 0 Å². The number of nitrogens with zero attached hydrogens (tertiary/aromatic N) is 4. The topological polar surface area (TPSA) is 105 Å². The maximum absolute atomic E-state index is 13.9. The second kappa shape index (κ2) is 6.17. The van der Waals surface area contributed by atoms with E-state index in [-0.39, 0.29) is 23.5 Å². The third-order valence-corrected chi connectivity index (χ3v) is 4.03. The number of aromatic nitrogens is 4. The molecule has 1 atom stereocenters. The number of aromatic hydroxyl groups is 2. The highest BCUT2D eigenvalue weighted by Gasteiger charge is 2.21. The fourth-order valence-corrected chi connectivity index (χ4v) is 2.94. The van der Waals surface area contributed by atoms with E-state index in [1.54, 1.807) is 10.9 Å². The van der Waals surface area contributed by atoms with Gasteiger partial charge in [-0.05, 0) is 19.3 Å². The Morgan fingerprint density at radius 1 is 1.16 bits per heavy atom. The van der Waals surface area contributed by atoms with Crippen molar-refractivity contribution in [3.8, 4) is 11.5 Å². The Morgan fingerprint density at radius 3 is 2.68 bits per heavy atom. The SMILES string of the molecule is Oc1cc(O)cc(Nc2nc(F)nc3c2ncn3C2CCCCO2)c1. The molecule has 130 valence electrons. The molecule has 1 aromatic carbocycles. The zero-order chi connectivity index (χ0) is 17.4. The van der Waals surface area contributed by atoms with Gasteiger partial charge in [0.25, 0.3) is 0 Å². The van der Waals surface area contributed by atoms with Crippen molar-refractivity contribution in [2.24, 2.45) is 0 Å². The number of phenols is 2. The van der Waals surface area contributed by atoms with E-state index in [0.717, 1.165) is 19.3 Å². The summed E-state index contributed by atoms with van der Waals surface area (Å²) < 4.78 is 21.4. The van der Waals surface area contributed by atoms with Gasteiger partial charge in [0.2, 0.25) is 0 Å². The summed E-state index contributed by atoms with van der Waals surface area (Å²) in [6, 6.07) is 3.95. The van der Waals surface area contributed by atoms with E-state index in [1.165, 1.54) is 18.2 Å². The molecule has 1 fully saturated rings. The quantitative estimate of drug-likeness (QED) is 0.627. The molecule has 4 rings (SSSR count). The van der Waals surface area contributed by atoms with E-state index < -0.39 is 6.08 Å². The highest BCUT2D eigenvalue weighted by Crippen LogP contribution is 2.30. The second-order valence-electron chi connectivity index (χ2n) is 5.85. The van der Waals surface area contributed by atoms with E-state index >= 15 is 0 Å². The Hall–Kier alpha value is -2.94. The zero-order valence-electron chi connectivity index (χ0n) is 13.2. The number of rotatable bonds is 3. The van der Waals surface area contributed by atoms with Gasteiger partial charge < -0.3 is 20.3 Å². The van der Waals surface area contributed by atoms with Gasteiger partial charge in [0.1, 0.15) is 17.7 Å². The molecule has 1 unspecified atom stereocenters. The third-order valence-electron chi connectivity index (χ3n) is 4.03. The average molecular weight is 345 g/mol. The normalized spacial score (nSPS) is 17.7. The molecule has 0 amide bonds. The minimum atomic E-state index is -0.906. The van der Waals surface area contributed by atoms with Crippen molar-refractivity contribution in [3.63, 3.8) is 0 Å². The second-order valence-corrected chi connectivity index (χ2v) is 5.85. The Labute approximate surface area is 141 Å². The third kappa shape index (κ3) is 3.05. The van der Waals surface area contributed by atoms with Crippen LogP contribution in [0.4, 0.5) is 15.9 Å². The van der Waals surface area contributed by atoms with Crippen molar-refractivity contribution in [2.45, 2.75) is 25.5 Å². The number of halogens is 1. The summed E-state index contributed by atoms with van der Waals surface area (Å²) >= 11 is 0. The van der Waals surface area contributed by atoms with Gasteiger partial charge in [0.15, 0.2) is 17.0 Å². The van der Waals surface area contributed by atoms with Crippen molar-refractivity contribution >= 4 is 22.7 Å². The van der Waals surface area contributed by atoms with Crippen LogP contribution < -0.4 is 5.32 Å². The van der Waals surface area contributed by atoms with Crippen molar-refractivity contribution < 1.29 is 19.3 Å². The molecule has 25 heavy (non-hydrogen) atoms. The zero-order valence-corrected chi connectivity index (χ0v) is 13.2. The predicted octanol–water partition coefficient (Wildman–Crippen LogP) is 2.82.